The second kappa shape index (κ2) is 9.95. The molecule has 5 rings (SSSR count). The van der Waals surface area contributed by atoms with Gasteiger partial charge >= 0.3 is 6.18 Å². The van der Waals surface area contributed by atoms with Crippen molar-refractivity contribution in [1.82, 2.24) is 14.5 Å². The average molecular weight is 564 g/mol. The van der Waals surface area contributed by atoms with Gasteiger partial charge < -0.3 is 14.4 Å². The number of fused-ring (bicyclic) bond motifs is 1. The van der Waals surface area contributed by atoms with E-state index >= 15 is 0 Å². The topological polar surface area (TPSA) is 87.5 Å². The second-order valence-electron chi connectivity index (χ2n) is 8.92. The molecule has 13 heteroatoms. The lowest BCUT2D eigenvalue weighted by Gasteiger charge is -2.37. The minimum absolute atomic E-state index is 0.117. The van der Waals surface area contributed by atoms with E-state index in [-0.39, 0.29) is 15.9 Å². The normalized spacial score (nSPS) is 15.6. The number of sulfonamides is 1. The number of nitrogens with one attached hydrogen (secondary N) is 1. The molecule has 200 valence electrons. The predicted octanol–water partition coefficient (Wildman–Crippen LogP) is 4.83. The molecule has 3 heterocycles. The van der Waals surface area contributed by atoms with Crippen molar-refractivity contribution in [2.24, 2.45) is 0 Å². The van der Waals surface area contributed by atoms with Crippen LogP contribution in [0.15, 0.2) is 71.2 Å². The number of benzene rings is 2. The molecule has 1 aliphatic heterocycles. The van der Waals surface area contributed by atoms with Crippen LogP contribution in [0.2, 0.25) is 0 Å². The molecule has 38 heavy (non-hydrogen) atoms. The van der Waals surface area contributed by atoms with Gasteiger partial charge in [-0.1, -0.05) is 6.07 Å². The number of piperazine rings is 1. The number of carbonyl (C=O) groups excluding carboxylic acids is 1. The van der Waals surface area contributed by atoms with E-state index in [2.05, 4.69) is 14.6 Å². The van der Waals surface area contributed by atoms with Gasteiger partial charge in [-0.25, -0.2) is 13.4 Å². The third kappa shape index (κ3) is 5.20. The van der Waals surface area contributed by atoms with Gasteiger partial charge in [0.25, 0.3) is 10.0 Å². The first-order chi connectivity index (χ1) is 18.0. The molecule has 2 aromatic heterocycles. The number of nitrogens with zero attached hydrogens (tertiary/aromatic N) is 4. The third-order valence-electron chi connectivity index (χ3n) is 6.58. The van der Waals surface area contributed by atoms with Gasteiger partial charge in [0.15, 0.2) is 5.13 Å². The quantitative estimate of drug-likeness (QED) is 0.363. The number of thiazole rings is 1. The van der Waals surface area contributed by atoms with Gasteiger partial charge in [0, 0.05) is 55.2 Å². The van der Waals surface area contributed by atoms with Crippen molar-refractivity contribution in [2.45, 2.75) is 24.0 Å². The molecule has 0 bridgehead atoms. The molecule has 8 nitrogen and oxygen atoms in total. The van der Waals surface area contributed by atoms with Crippen molar-refractivity contribution in [3.63, 3.8) is 0 Å². The Morgan fingerprint density at radius 1 is 1.05 bits per heavy atom. The van der Waals surface area contributed by atoms with Crippen LogP contribution in [0.1, 0.15) is 18.5 Å². The summed E-state index contributed by atoms with van der Waals surface area (Å²) >= 11 is 1.19. The summed E-state index contributed by atoms with van der Waals surface area (Å²) in [5.41, 5.74) is 0.434. The monoisotopic (exact) mass is 563 g/mol. The first-order valence-corrected chi connectivity index (χ1v) is 14.1. The van der Waals surface area contributed by atoms with Gasteiger partial charge in [-0.3, -0.25) is 9.52 Å². The molecule has 1 aliphatic rings. The minimum atomic E-state index is -4.47. The first kappa shape index (κ1) is 26.0. The Labute approximate surface area is 221 Å². The van der Waals surface area contributed by atoms with Crippen LogP contribution >= 0.6 is 11.3 Å². The molecule has 0 spiro atoms. The van der Waals surface area contributed by atoms with Crippen molar-refractivity contribution < 1.29 is 26.4 Å². The summed E-state index contributed by atoms with van der Waals surface area (Å²) in [7, 11) is -3.75. The van der Waals surface area contributed by atoms with Crippen LogP contribution in [0.25, 0.3) is 10.9 Å². The maximum Gasteiger partial charge on any atom is 0.416 e. The SMILES string of the molecule is CC(C(=O)N1CCN(c2ccc(S(=O)(=O)Nc3nccs3)cc2)CC1)n1ccc2ccc(C(F)(F)F)cc21. The van der Waals surface area contributed by atoms with Gasteiger partial charge in [0.05, 0.1) is 10.5 Å². The van der Waals surface area contributed by atoms with Crippen molar-refractivity contribution in [1.29, 1.82) is 0 Å². The maximum atomic E-state index is 13.2. The van der Waals surface area contributed by atoms with Gasteiger partial charge in [-0.2, -0.15) is 13.2 Å². The highest BCUT2D eigenvalue weighted by atomic mass is 32.2. The molecule has 1 fully saturated rings. The number of rotatable bonds is 6. The first-order valence-electron chi connectivity index (χ1n) is 11.8. The standard InChI is InChI=1S/C25H24F3N5O3S2/c1-17(33-10-8-18-2-3-19(16-22(18)33)25(26,27)28)23(34)32-13-11-31(12-14-32)20-4-6-21(7-5-20)38(35,36)30-24-29-9-15-37-24/h2-10,15-17H,11-14H2,1H3,(H,29,30). The van der Waals surface area contributed by atoms with Crippen LogP contribution in [0.5, 0.6) is 0 Å². The summed E-state index contributed by atoms with van der Waals surface area (Å²) in [6, 6.07) is 11.1. The zero-order valence-corrected chi connectivity index (χ0v) is 21.9. The second-order valence-corrected chi connectivity index (χ2v) is 11.5. The summed E-state index contributed by atoms with van der Waals surface area (Å²) in [4.78, 5) is 21.1. The van der Waals surface area contributed by atoms with Gasteiger partial charge in [-0.05, 0) is 54.8 Å². The predicted molar refractivity (Wildman–Crippen MR) is 140 cm³/mol. The Bertz CT molecular complexity index is 1540. The minimum Gasteiger partial charge on any atom is -0.368 e. The van der Waals surface area contributed by atoms with Gasteiger partial charge in [-0.15, -0.1) is 11.3 Å². The highest BCUT2D eigenvalue weighted by Crippen LogP contribution is 2.33. The summed E-state index contributed by atoms with van der Waals surface area (Å²) in [6.45, 7) is 3.62. The average Bonchev–Trinajstić information content (AvgIpc) is 3.56. The Morgan fingerprint density at radius 2 is 1.76 bits per heavy atom. The van der Waals surface area contributed by atoms with E-state index in [1.54, 1.807) is 46.2 Å². The number of aromatic nitrogens is 2. The van der Waals surface area contributed by atoms with Crippen molar-refractivity contribution in [3.8, 4) is 0 Å². The van der Waals surface area contributed by atoms with Crippen molar-refractivity contribution >= 4 is 49.0 Å². The van der Waals surface area contributed by atoms with Crippen molar-refractivity contribution in [3.05, 3.63) is 71.9 Å². The molecule has 4 aromatic rings. The fourth-order valence-corrected chi connectivity index (χ4v) is 6.30. The molecule has 1 unspecified atom stereocenters. The zero-order chi connectivity index (χ0) is 27.1. The van der Waals surface area contributed by atoms with Gasteiger partial charge in [0.2, 0.25) is 5.91 Å². The lowest BCUT2D eigenvalue weighted by Crippen LogP contribution is -2.50. The van der Waals surface area contributed by atoms with Crippen LogP contribution in [-0.4, -0.2) is 55.0 Å². The Morgan fingerprint density at radius 3 is 2.39 bits per heavy atom. The molecular formula is C25H24F3N5O3S2. The Kier molecular flexibility index (Phi) is 6.82. The van der Waals surface area contributed by atoms with E-state index in [9.17, 15) is 26.4 Å². The fourth-order valence-electron chi connectivity index (χ4n) is 4.52. The third-order valence-corrected chi connectivity index (χ3v) is 8.76. The zero-order valence-electron chi connectivity index (χ0n) is 20.2. The van der Waals surface area contributed by atoms with Crippen LogP contribution < -0.4 is 9.62 Å². The molecule has 1 N–H and O–H groups in total. The van der Waals surface area contributed by atoms with Crippen LogP contribution in [0.3, 0.4) is 0 Å². The molecule has 2 aromatic carbocycles. The lowest BCUT2D eigenvalue weighted by molar-refractivity contribution is -0.137. The summed E-state index contributed by atoms with van der Waals surface area (Å²) in [5.74, 6) is -0.172. The summed E-state index contributed by atoms with van der Waals surface area (Å²) < 4.78 is 68.8. The Balaban J connectivity index is 1.23. The van der Waals surface area contributed by atoms with Gasteiger partial charge in [0.1, 0.15) is 6.04 Å². The van der Waals surface area contributed by atoms with Crippen molar-refractivity contribution in [2.75, 3.05) is 35.8 Å². The highest BCUT2D eigenvalue weighted by Gasteiger charge is 2.32. The number of anilines is 2. The van der Waals surface area contributed by atoms with Crippen LogP contribution in [-0.2, 0) is 21.0 Å². The number of hydrogen-bond donors (Lipinski definition) is 1. The lowest BCUT2D eigenvalue weighted by atomic mass is 10.1. The number of hydrogen-bond acceptors (Lipinski definition) is 6. The number of alkyl halides is 3. The molecule has 0 aliphatic carbocycles. The Hall–Kier alpha value is -3.58. The van der Waals surface area contributed by atoms with Crippen LogP contribution in [0.4, 0.5) is 24.0 Å². The summed E-state index contributed by atoms with van der Waals surface area (Å²) in [5, 5.41) is 2.60. The number of carbonyl (C=O) groups is 1. The molecule has 0 saturated carbocycles. The molecular weight excluding hydrogens is 539 g/mol. The largest absolute Gasteiger partial charge is 0.416 e. The number of amides is 1. The van der Waals surface area contributed by atoms with E-state index in [0.29, 0.717) is 37.1 Å². The molecule has 1 saturated heterocycles. The van der Waals surface area contributed by atoms with E-state index in [1.807, 2.05) is 0 Å². The number of halogens is 3. The van der Waals surface area contributed by atoms with E-state index in [4.69, 9.17) is 0 Å². The highest BCUT2D eigenvalue weighted by molar-refractivity contribution is 7.93. The van der Waals surface area contributed by atoms with E-state index < -0.39 is 27.8 Å². The van der Waals surface area contributed by atoms with Crippen LogP contribution in [0, 0.1) is 0 Å². The summed E-state index contributed by atoms with van der Waals surface area (Å²) in [6.07, 6.45) is -1.31. The molecule has 0 radical (unpaired) electrons. The maximum absolute atomic E-state index is 13.2. The fraction of sp³-hybridized carbons (Fsp3) is 0.280. The van der Waals surface area contributed by atoms with E-state index in [0.717, 1.165) is 17.8 Å². The smallest absolute Gasteiger partial charge is 0.368 e. The molecule has 1 atom stereocenters. The van der Waals surface area contributed by atoms with E-state index in [1.165, 1.54) is 35.7 Å². The molecule has 1 amide bonds.